The highest BCUT2D eigenvalue weighted by molar-refractivity contribution is 7.17. The van der Waals surface area contributed by atoms with Crippen LogP contribution in [0.5, 0.6) is 5.75 Å². The number of rotatable bonds is 6. The third-order valence-corrected chi connectivity index (χ3v) is 4.47. The van der Waals surface area contributed by atoms with E-state index in [0.29, 0.717) is 28.7 Å². The zero-order valence-electron chi connectivity index (χ0n) is 13.3. The Kier molecular flexibility index (Phi) is 4.61. The quantitative estimate of drug-likeness (QED) is 0.508. The molecule has 0 aliphatic carbocycles. The van der Waals surface area contributed by atoms with E-state index < -0.39 is 0 Å². The standard InChI is InChI=1S/C17H16N2O4S/c1-3-23-15(21)8-13-9-19-14(10-20)16(18-17(19)24-13)11-5-4-6-12(7-11)22-2/h4-7,9-10H,3,8H2,1-2H3. The summed E-state index contributed by atoms with van der Waals surface area (Å²) >= 11 is 1.37. The van der Waals surface area contributed by atoms with Crippen LogP contribution in [0.3, 0.4) is 0 Å². The fraction of sp³-hybridized carbons (Fsp3) is 0.235. The Balaban J connectivity index is 2.00. The lowest BCUT2D eigenvalue weighted by atomic mass is 10.1. The lowest BCUT2D eigenvalue weighted by Gasteiger charge is -2.03. The van der Waals surface area contributed by atoms with Crippen LogP contribution in [0.4, 0.5) is 0 Å². The largest absolute Gasteiger partial charge is 0.497 e. The summed E-state index contributed by atoms with van der Waals surface area (Å²) < 4.78 is 11.9. The number of imidazole rings is 1. The van der Waals surface area contributed by atoms with E-state index in [-0.39, 0.29) is 12.4 Å². The van der Waals surface area contributed by atoms with Gasteiger partial charge in [0.15, 0.2) is 11.2 Å². The molecule has 24 heavy (non-hydrogen) atoms. The van der Waals surface area contributed by atoms with Gasteiger partial charge in [-0.05, 0) is 19.1 Å². The van der Waals surface area contributed by atoms with Crippen LogP contribution in [-0.4, -0.2) is 35.4 Å². The van der Waals surface area contributed by atoms with Crippen LogP contribution in [0.2, 0.25) is 0 Å². The highest BCUT2D eigenvalue weighted by Gasteiger charge is 2.17. The van der Waals surface area contributed by atoms with Gasteiger partial charge in [-0.25, -0.2) is 4.98 Å². The predicted octanol–water partition coefficient (Wildman–Crippen LogP) is 2.99. The average Bonchev–Trinajstić information content (AvgIpc) is 3.11. The van der Waals surface area contributed by atoms with Crippen LogP contribution < -0.4 is 4.74 Å². The van der Waals surface area contributed by atoms with Crippen molar-refractivity contribution in [3.63, 3.8) is 0 Å². The van der Waals surface area contributed by atoms with Gasteiger partial charge in [-0.1, -0.05) is 12.1 Å². The number of hydrogen-bond donors (Lipinski definition) is 0. The molecule has 2 aromatic heterocycles. The minimum absolute atomic E-state index is 0.175. The van der Waals surface area contributed by atoms with Crippen molar-refractivity contribution in [2.24, 2.45) is 0 Å². The molecule has 124 valence electrons. The summed E-state index contributed by atoms with van der Waals surface area (Å²) in [6, 6.07) is 7.39. The number of aromatic nitrogens is 2. The van der Waals surface area contributed by atoms with Gasteiger partial charge >= 0.3 is 5.97 Å². The highest BCUT2D eigenvalue weighted by Crippen LogP contribution is 2.29. The molecule has 0 saturated heterocycles. The molecule has 3 aromatic rings. The molecule has 0 unspecified atom stereocenters. The summed E-state index contributed by atoms with van der Waals surface area (Å²) in [6.45, 7) is 2.12. The average molecular weight is 344 g/mol. The van der Waals surface area contributed by atoms with Crippen molar-refractivity contribution in [3.05, 3.63) is 41.0 Å². The van der Waals surface area contributed by atoms with E-state index >= 15 is 0 Å². The summed E-state index contributed by atoms with van der Waals surface area (Å²) in [5.74, 6) is 0.409. The predicted molar refractivity (Wildman–Crippen MR) is 90.8 cm³/mol. The number of benzene rings is 1. The minimum atomic E-state index is -0.289. The van der Waals surface area contributed by atoms with Crippen LogP contribution in [0.15, 0.2) is 30.5 Å². The Labute approximate surface area is 142 Å². The molecule has 0 radical (unpaired) electrons. The third-order valence-electron chi connectivity index (χ3n) is 3.49. The minimum Gasteiger partial charge on any atom is -0.497 e. The lowest BCUT2D eigenvalue weighted by molar-refractivity contribution is -0.142. The number of nitrogens with zero attached hydrogens (tertiary/aromatic N) is 2. The molecule has 0 aliphatic rings. The number of esters is 1. The second kappa shape index (κ2) is 6.84. The maximum Gasteiger partial charge on any atom is 0.311 e. The Morgan fingerprint density at radius 2 is 2.25 bits per heavy atom. The highest BCUT2D eigenvalue weighted by atomic mass is 32.1. The van der Waals surface area contributed by atoms with Gasteiger partial charge in [-0.15, -0.1) is 11.3 Å². The van der Waals surface area contributed by atoms with Gasteiger partial charge in [0.2, 0.25) is 0 Å². The number of fused-ring (bicyclic) bond motifs is 1. The van der Waals surface area contributed by atoms with Gasteiger partial charge in [-0.2, -0.15) is 0 Å². The van der Waals surface area contributed by atoms with E-state index in [9.17, 15) is 9.59 Å². The molecule has 0 bridgehead atoms. The first-order valence-corrected chi connectivity index (χ1v) is 8.24. The normalized spacial score (nSPS) is 10.8. The van der Waals surface area contributed by atoms with Gasteiger partial charge in [-0.3, -0.25) is 14.0 Å². The molecule has 0 spiro atoms. The van der Waals surface area contributed by atoms with Gasteiger partial charge in [0.25, 0.3) is 0 Å². The molecule has 2 heterocycles. The molecular formula is C17H16N2O4S. The van der Waals surface area contributed by atoms with Gasteiger partial charge in [0.05, 0.1) is 20.1 Å². The number of carbonyl (C=O) groups is 2. The van der Waals surface area contributed by atoms with Crippen molar-refractivity contribution >= 4 is 28.6 Å². The van der Waals surface area contributed by atoms with Crippen LogP contribution in [0.1, 0.15) is 22.3 Å². The van der Waals surface area contributed by atoms with Gasteiger partial charge < -0.3 is 9.47 Å². The molecule has 0 atom stereocenters. The number of ether oxygens (including phenoxy) is 2. The molecule has 0 N–H and O–H groups in total. The van der Waals surface area contributed by atoms with Crippen molar-refractivity contribution in [3.8, 4) is 17.0 Å². The van der Waals surface area contributed by atoms with Crippen molar-refractivity contribution in [2.75, 3.05) is 13.7 Å². The second-order valence-corrected chi connectivity index (χ2v) is 6.12. The molecule has 0 fully saturated rings. The first-order chi connectivity index (χ1) is 11.7. The van der Waals surface area contributed by atoms with E-state index in [4.69, 9.17) is 9.47 Å². The number of methoxy groups -OCH3 is 1. The van der Waals surface area contributed by atoms with Gasteiger partial charge in [0, 0.05) is 16.6 Å². The first kappa shape index (κ1) is 16.2. The number of thiazole rings is 1. The third kappa shape index (κ3) is 3.03. The maximum atomic E-state index is 11.6. The van der Waals surface area contributed by atoms with E-state index in [1.807, 2.05) is 24.3 Å². The zero-order chi connectivity index (χ0) is 17.1. The summed E-state index contributed by atoms with van der Waals surface area (Å²) in [5.41, 5.74) is 1.85. The lowest BCUT2D eigenvalue weighted by Crippen LogP contribution is -2.06. The molecule has 1 aromatic carbocycles. The van der Waals surface area contributed by atoms with Crippen LogP contribution in [0, 0.1) is 0 Å². The van der Waals surface area contributed by atoms with Crippen LogP contribution >= 0.6 is 11.3 Å². The Morgan fingerprint density at radius 3 is 2.96 bits per heavy atom. The van der Waals surface area contributed by atoms with Crippen LogP contribution in [-0.2, 0) is 16.0 Å². The fourth-order valence-electron chi connectivity index (χ4n) is 2.44. The molecule has 6 nitrogen and oxygen atoms in total. The SMILES string of the molecule is CCOC(=O)Cc1cn2c(C=O)c(-c3cccc(OC)c3)nc2s1. The smallest absolute Gasteiger partial charge is 0.311 e. The number of carbonyl (C=O) groups excluding carboxylic acids is 2. The summed E-state index contributed by atoms with van der Waals surface area (Å²) in [6.07, 6.45) is 2.71. The zero-order valence-corrected chi connectivity index (χ0v) is 14.1. The van der Waals surface area contributed by atoms with E-state index in [1.165, 1.54) is 11.3 Å². The Bertz CT molecular complexity index is 897. The van der Waals surface area contributed by atoms with Gasteiger partial charge in [0.1, 0.15) is 17.1 Å². The maximum absolute atomic E-state index is 11.6. The molecule has 0 aliphatic heterocycles. The first-order valence-electron chi connectivity index (χ1n) is 7.42. The molecule has 3 rings (SSSR count). The Hall–Kier alpha value is -2.67. The molecule has 0 amide bonds. The van der Waals surface area contributed by atoms with E-state index in [0.717, 1.165) is 16.7 Å². The van der Waals surface area contributed by atoms with Crippen molar-refractivity contribution in [1.82, 2.24) is 9.38 Å². The molecule has 7 heteroatoms. The van der Waals surface area contributed by atoms with Crippen LogP contribution in [0.25, 0.3) is 16.2 Å². The van der Waals surface area contributed by atoms with E-state index in [1.54, 1.807) is 24.6 Å². The monoisotopic (exact) mass is 344 g/mol. The summed E-state index contributed by atoms with van der Waals surface area (Å²) in [5, 5.41) is 0. The molecule has 0 saturated carbocycles. The fourth-order valence-corrected chi connectivity index (χ4v) is 3.41. The second-order valence-electron chi connectivity index (χ2n) is 5.03. The van der Waals surface area contributed by atoms with Crippen molar-refractivity contribution < 1.29 is 19.1 Å². The van der Waals surface area contributed by atoms with E-state index in [2.05, 4.69) is 4.98 Å². The molecular weight excluding hydrogens is 328 g/mol. The van der Waals surface area contributed by atoms with Crippen molar-refractivity contribution in [2.45, 2.75) is 13.3 Å². The topological polar surface area (TPSA) is 69.9 Å². The summed E-state index contributed by atoms with van der Waals surface area (Å²) in [4.78, 5) is 29.2. The Morgan fingerprint density at radius 1 is 1.42 bits per heavy atom. The van der Waals surface area contributed by atoms with Crippen molar-refractivity contribution in [1.29, 1.82) is 0 Å². The number of hydrogen-bond acceptors (Lipinski definition) is 6. The summed E-state index contributed by atoms with van der Waals surface area (Å²) in [7, 11) is 1.59. The number of aldehydes is 1.